The number of nitrogens with zero attached hydrogens (tertiary/aromatic N) is 2. The number of ether oxygens (including phenoxy) is 1. The van der Waals surface area contributed by atoms with Crippen molar-refractivity contribution in [2.45, 2.75) is 31.9 Å². The number of methoxy groups -OCH3 is 1. The molecule has 1 aromatic heterocycles. The van der Waals surface area contributed by atoms with Crippen LogP contribution in [0.3, 0.4) is 0 Å². The maximum absolute atomic E-state index is 5.28. The Balaban J connectivity index is 2.64. The van der Waals surface area contributed by atoms with Gasteiger partial charge in [-0.2, -0.15) is 0 Å². The smallest absolute Gasteiger partial charge is 0.127 e. The first kappa shape index (κ1) is 14.9. The average molecular weight is 251 g/mol. The maximum atomic E-state index is 5.28. The number of anilines is 1. The molecule has 102 valence electrons. The van der Waals surface area contributed by atoms with Crippen molar-refractivity contribution >= 4 is 5.82 Å². The van der Waals surface area contributed by atoms with Gasteiger partial charge < -0.3 is 15.0 Å². The molecule has 0 saturated carbocycles. The van der Waals surface area contributed by atoms with Gasteiger partial charge in [-0.15, -0.1) is 0 Å². The summed E-state index contributed by atoms with van der Waals surface area (Å²) in [4.78, 5) is 6.45. The molecule has 1 aromatic rings. The second kappa shape index (κ2) is 7.34. The summed E-state index contributed by atoms with van der Waals surface area (Å²) in [6.07, 6.45) is 4.34. The van der Waals surface area contributed by atoms with Crippen LogP contribution in [0.1, 0.15) is 31.4 Å². The van der Waals surface area contributed by atoms with Crippen LogP contribution in [0.2, 0.25) is 0 Å². The van der Waals surface area contributed by atoms with E-state index >= 15 is 0 Å². The summed E-state index contributed by atoms with van der Waals surface area (Å²) in [5, 5.41) is 3.34. The molecule has 1 N–H and O–H groups in total. The van der Waals surface area contributed by atoms with Crippen LogP contribution in [-0.4, -0.2) is 39.3 Å². The highest BCUT2D eigenvalue weighted by Crippen LogP contribution is 2.20. The molecule has 4 heteroatoms. The van der Waals surface area contributed by atoms with Crippen molar-refractivity contribution in [1.82, 2.24) is 10.3 Å². The van der Waals surface area contributed by atoms with Crippen LogP contribution in [0, 0.1) is 0 Å². The maximum Gasteiger partial charge on any atom is 0.127 e. The molecule has 0 fully saturated rings. The Labute approximate surface area is 110 Å². The van der Waals surface area contributed by atoms with Gasteiger partial charge in [-0.3, -0.25) is 0 Å². The first-order chi connectivity index (χ1) is 8.58. The predicted octanol–water partition coefficient (Wildman–Crippen LogP) is 2.22. The van der Waals surface area contributed by atoms with Crippen LogP contribution in [0.25, 0.3) is 0 Å². The molecule has 0 aromatic carbocycles. The summed E-state index contributed by atoms with van der Waals surface area (Å²) in [5.41, 5.74) is 1.23. The molecule has 0 aliphatic rings. The average Bonchev–Trinajstić information content (AvgIpc) is 2.39. The SMILES string of the molecule is CNC(CCC(C)OC)c1ccc(N(C)C)nc1. The van der Waals surface area contributed by atoms with Crippen LogP contribution >= 0.6 is 0 Å². The third kappa shape index (κ3) is 4.27. The Hall–Kier alpha value is -1.13. The summed E-state index contributed by atoms with van der Waals surface area (Å²) >= 11 is 0. The highest BCUT2D eigenvalue weighted by atomic mass is 16.5. The Kier molecular flexibility index (Phi) is 6.09. The number of hydrogen-bond acceptors (Lipinski definition) is 4. The topological polar surface area (TPSA) is 37.4 Å². The summed E-state index contributed by atoms with van der Waals surface area (Å²) < 4.78 is 5.28. The largest absolute Gasteiger partial charge is 0.382 e. The van der Waals surface area contributed by atoms with Crippen LogP contribution in [0.5, 0.6) is 0 Å². The normalized spacial score (nSPS) is 14.3. The fraction of sp³-hybridized carbons (Fsp3) is 0.643. The zero-order valence-electron chi connectivity index (χ0n) is 12.1. The van der Waals surface area contributed by atoms with E-state index in [2.05, 4.69) is 29.4 Å². The van der Waals surface area contributed by atoms with Gasteiger partial charge in [-0.1, -0.05) is 6.07 Å². The minimum atomic E-state index is 0.301. The predicted molar refractivity (Wildman–Crippen MR) is 76.1 cm³/mol. The van der Waals surface area contributed by atoms with Crippen molar-refractivity contribution in [1.29, 1.82) is 0 Å². The number of aromatic nitrogens is 1. The van der Waals surface area contributed by atoms with Crippen molar-refractivity contribution in [3.8, 4) is 0 Å². The Morgan fingerprint density at radius 1 is 1.33 bits per heavy atom. The highest BCUT2D eigenvalue weighted by molar-refractivity contribution is 5.37. The molecule has 0 saturated heterocycles. The lowest BCUT2D eigenvalue weighted by Crippen LogP contribution is -2.19. The lowest BCUT2D eigenvalue weighted by atomic mass is 10.0. The molecular weight excluding hydrogens is 226 g/mol. The first-order valence-electron chi connectivity index (χ1n) is 6.41. The molecule has 1 rings (SSSR count). The summed E-state index contributed by atoms with van der Waals surface area (Å²) in [6, 6.07) is 4.53. The molecule has 0 spiro atoms. The van der Waals surface area contributed by atoms with Crippen LogP contribution < -0.4 is 10.2 Å². The number of hydrogen-bond donors (Lipinski definition) is 1. The standard InChI is InChI=1S/C14H25N3O/c1-11(18-5)6-8-13(15-2)12-7-9-14(16-10-12)17(3)4/h7,9-11,13,15H,6,8H2,1-5H3. The Morgan fingerprint density at radius 2 is 2.06 bits per heavy atom. The van der Waals surface area contributed by atoms with Crippen molar-refractivity contribution in [2.24, 2.45) is 0 Å². The molecule has 1 heterocycles. The zero-order valence-corrected chi connectivity index (χ0v) is 12.1. The Bertz CT molecular complexity index is 337. The van der Waals surface area contributed by atoms with Crippen molar-refractivity contribution in [3.05, 3.63) is 23.9 Å². The number of nitrogens with one attached hydrogen (secondary N) is 1. The lowest BCUT2D eigenvalue weighted by Gasteiger charge is -2.19. The van der Waals surface area contributed by atoms with E-state index in [1.807, 2.05) is 32.2 Å². The van der Waals surface area contributed by atoms with Crippen molar-refractivity contribution < 1.29 is 4.74 Å². The van der Waals surface area contributed by atoms with Crippen LogP contribution in [0.15, 0.2) is 18.3 Å². The van der Waals surface area contributed by atoms with Gasteiger partial charge in [0.1, 0.15) is 5.82 Å². The minimum absolute atomic E-state index is 0.301. The van der Waals surface area contributed by atoms with Gasteiger partial charge in [0.15, 0.2) is 0 Å². The molecule has 0 radical (unpaired) electrons. The van der Waals surface area contributed by atoms with Gasteiger partial charge in [0.2, 0.25) is 0 Å². The van der Waals surface area contributed by atoms with E-state index in [0.717, 1.165) is 18.7 Å². The molecule has 0 bridgehead atoms. The Morgan fingerprint density at radius 3 is 2.50 bits per heavy atom. The van der Waals surface area contributed by atoms with E-state index in [-0.39, 0.29) is 0 Å². The quantitative estimate of drug-likeness (QED) is 0.806. The molecular formula is C14H25N3O. The van der Waals surface area contributed by atoms with Crippen molar-refractivity contribution in [2.75, 3.05) is 33.2 Å². The third-order valence-corrected chi connectivity index (χ3v) is 3.24. The van der Waals surface area contributed by atoms with Crippen LogP contribution in [0.4, 0.5) is 5.82 Å². The summed E-state index contributed by atoms with van der Waals surface area (Å²) in [7, 11) is 7.74. The monoisotopic (exact) mass is 251 g/mol. The fourth-order valence-electron chi connectivity index (χ4n) is 1.87. The van der Waals surface area contributed by atoms with Gasteiger partial charge in [0.05, 0.1) is 6.10 Å². The second-order valence-electron chi connectivity index (χ2n) is 4.81. The summed E-state index contributed by atoms with van der Waals surface area (Å²) in [6.45, 7) is 2.10. The molecule has 18 heavy (non-hydrogen) atoms. The molecule has 0 amide bonds. The molecule has 0 aliphatic carbocycles. The first-order valence-corrected chi connectivity index (χ1v) is 6.41. The third-order valence-electron chi connectivity index (χ3n) is 3.24. The van der Waals surface area contributed by atoms with Crippen LogP contribution in [-0.2, 0) is 4.74 Å². The van der Waals surface area contributed by atoms with Crippen molar-refractivity contribution in [3.63, 3.8) is 0 Å². The zero-order chi connectivity index (χ0) is 13.5. The lowest BCUT2D eigenvalue weighted by molar-refractivity contribution is 0.106. The minimum Gasteiger partial charge on any atom is -0.382 e. The molecule has 2 unspecified atom stereocenters. The van der Waals surface area contributed by atoms with E-state index in [0.29, 0.717) is 12.1 Å². The van der Waals surface area contributed by atoms with Gasteiger partial charge in [-0.05, 0) is 38.4 Å². The number of pyridine rings is 1. The second-order valence-corrected chi connectivity index (χ2v) is 4.81. The van der Waals surface area contributed by atoms with Gasteiger partial charge in [0, 0.05) is 33.4 Å². The van der Waals surface area contributed by atoms with Gasteiger partial charge >= 0.3 is 0 Å². The van der Waals surface area contributed by atoms with Gasteiger partial charge in [0.25, 0.3) is 0 Å². The van der Waals surface area contributed by atoms with E-state index in [1.54, 1.807) is 7.11 Å². The van der Waals surface area contributed by atoms with E-state index in [9.17, 15) is 0 Å². The van der Waals surface area contributed by atoms with Gasteiger partial charge in [-0.25, -0.2) is 4.98 Å². The number of rotatable bonds is 7. The van der Waals surface area contributed by atoms with E-state index in [1.165, 1.54) is 5.56 Å². The van der Waals surface area contributed by atoms with E-state index in [4.69, 9.17) is 4.74 Å². The molecule has 0 aliphatic heterocycles. The molecule has 2 atom stereocenters. The fourth-order valence-corrected chi connectivity index (χ4v) is 1.87. The van der Waals surface area contributed by atoms with E-state index < -0.39 is 0 Å². The molecule has 4 nitrogen and oxygen atoms in total. The summed E-state index contributed by atoms with van der Waals surface area (Å²) in [5.74, 6) is 0.985. The highest BCUT2D eigenvalue weighted by Gasteiger charge is 2.11.